The zero-order valence-corrected chi connectivity index (χ0v) is 25.8. The van der Waals surface area contributed by atoms with Gasteiger partial charge in [-0.2, -0.15) is 0 Å². The minimum Gasteiger partial charge on any atom is -0.317 e. The average molecular weight is 543 g/mol. The highest BCUT2D eigenvalue weighted by atomic mass is 32.1. The van der Waals surface area contributed by atoms with E-state index < -0.39 is 0 Å². The minimum atomic E-state index is -0.0580. The third kappa shape index (κ3) is 9.70. The Morgan fingerprint density at radius 2 is 0.972 bits per heavy atom. The Kier molecular flexibility index (Phi) is 12.9. The van der Waals surface area contributed by atoms with Gasteiger partial charge < -0.3 is 9.80 Å². The number of carbonyl (C=O) groups is 2. The molecular weight excluding hydrogens is 488 g/mol. The number of rotatable bonds is 17. The lowest BCUT2D eigenvalue weighted by Crippen LogP contribution is -2.37. The fraction of sp³-hybridized carbons (Fsp3) is 0.929. The van der Waals surface area contributed by atoms with Crippen molar-refractivity contribution in [2.45, 2.75) is 117 Å². The van der Waals surface area contributed by atoms with Crippen LogP contribution >= 0.6 is 25.3 Å². The zero-order chi connectivity index (χ0) is 26.9. The van der Waals surface area contributed by atoms with E-state index in [2.05, 4.69) is 76.6 Å². The van der Waals surface area contributed by atoms with Gasteiger partial charge in [0, 0.05) is 13.1 Å². The highest BCUT2D eigenvalue weighted by molar-refractivity contribution is 7.81. The van der Waals surface area contributed by atoms with Crippen molar-refractivity contribution < 1.29 is 9.59 Å². The topological polar surface area (TPSA) is 47.1 Å². The van der Waals surface area contributed by atoms with Gasteiger partial charge in [0.25, 0.3) is 0 Å². The normalized spacial score (nSPS) is 22.4. The molecule has 2 heterocycles. The lowest BCUT2D eigenvalue weighted by atomic mass is 9.82. The van der Waals surface area contributed by atoms with E-state index in [9.17, 15) is 9.59 Å². The summed E-state index contributed by atoms with van der Waals surface area (Å²) >= 11 is 9.30. The Bertz CT molecular complexity index is 645. The van der Waals surface area contributed by atoms with Gasteiger partial charge in [0.2, 0.25) is 11.8 Å². The number of amides is 2. The summed E-state index contributed by atoms with van der Waals surface area (Å²) in [6.45, 7) is 17.9. The van der Waals surface area contributed by atoms with Crippen LogP contribution in [0.4, 0.5) is 0 Å². The van der Waals surface area contributed by atoms with E-state index >= 15 is 0 Å². The molecule has 0 bridgehead atoms. The van der Waals surface area contributed by atoms with E-state index in [4.69, 9.17) is 0 Å². The monoisotopic (exact) mass is 542 g/mol. The number of hydrogen-bond acceptors (Lipinski definition) is 6. The lowest BCUT2D eigenvalue weighted by molar-refractivity contribution is -0.128. The number of carbonyl (C=O) groups excluding carboxylic acids is 2. The average Bonchev–Trinajstić information content (AvgIpc) is 3.25. The summed E-state index contributed by atoms with van der Waals surface area (Å²) in [7, 11) is 0. The molecule has 0 spiro atoms. The molecule has 2 amide bonds. The maximum Gasteiger partial charge on any atom is 0.238 e. The molecule has 0 aromatic carbocycles. The van der Waals surface area contributed by atoms with Crippen molar-refractivity contribution in [1.29, 1.82) is 0 Å². The maximum absolute atomic E-state index is 12.3. The van der Waals surface area contributed by atoms with Crippen LogP contribution < -0.4 is 0 Å². The molecule has 2 atom stereocenters. The fourth-order valence-electron chi connectivity index (χ4n) is 5.39. The predicted octanol–water partition coefficient (Wildman–Crippen LogP) is 5.69. The molecular formula is C28H54N4O2S2. The first-order valence-corrected chi connectivity index (χ1v) is 15.4. The largest absolute Gasteiger partial charge is 0.317 e. The Morgan fingerprint density at radius 3 is 1.28 bits per heavy atom. The third-order valence-electron chi connectivity index (χ3n) is 8.36. The molecule has 0 saturated carbocycles. The molecule has 0 aromatic heterocycles. The fourth-order valence-corrected chi connectivity index (χ4v) is 6.36. The van der Waals surface area contributed by atoms with E-state index in [1.165, 1.54) is 51.4 Å². The van der Waals surface area contributed by atoms with Crippen molar-refractivity contribution >= 4 is 37.1 Å². The molecule has 8 heteroatoms. The van der Waals surface area contributed by atoms with Crippen molar-refractivity contribution in [3.8, 4) is 0 Å². The van der Waals surface area contributed by atoms with E-state index in [1.807, 2.05) is 9.80 Å². The summed E-state index contributed by atoms with van der Waals surface area (Å²) in [5.41, 5.74) is 0.400. The molecule has 0 radical (unpaired) electrons. The molecule has 6 nitrogen and oxygen atoms in total. The standard InChI is InChI=1S/C28H54N4O2S2/c1-7-29-21-23(33)31(25(29)35)19-17-27(3,4)15-13-11-9-10-12-14-16-28(5,6)18-20-32-24(34)22-30(8-2)26(32)36/h25-26,35-36H,7-22H2,1-6H3. The zero-order valence-electron chi connectivity index (χ0n) is 24.0. The van der Waals surface area contributed by atoms with Crippen LogP contribution in [-0.4, -0.2) is 81.7 Å². The number of thiol groups is 2. The first-order chi connectivity index (χ1) is 16.9. The lowest BCUT2D eigenvalue weighted by Gasteiger charge is -2.30. The molecule has 0 aromatic rings. The molecule has 0 aliphatic carbocycles. The number of hydrogen-bond donors (Lipinski definition) is 2. The minimum absolute atomic E-state index is 0.0580. The molecule has 36 heavy (non-hydrogen) atoms. The van der Waals surface area contributed by atoms with Crippen LogP contribution in [-0.2, 0) is 9.59 Å². The van der Waals surface area contributed by atoms with E-state index in [0.29, 0.717) is 13.1 Å². The van der Waals surface area contributed by atoms with Gasteiger partial charge in [-0.1, -0.05) is 80.1 Å². The van der Waals surface area contributed by atoms with Crippen molar-refractivity contribution in [3.05, 3.63) is 0 Å². The quantitative estimate of drug-likeness (QED) is 0.183. The van der Waals surface area contributed by atoms with Crippen LogP contribution in [0.25, 0.3) is 0 Å². The van der Waals surface area contributed by atoms with Crippen LogP contribution in [0.1, 0.15) is 106 Å². The highest BCUT2D eigenvalue weighted by Gasteiger charge is 2.36. The Hall–Kier alpha value is -0.440. The van der Waals surface area contributed by atoms with Gasteiger partial charge in [-0.15, -0.1) is 25.3 Å². The second-order valence-electron chi connectivity index (χ2n) is 12.4. The van der Waals surface area contributed by atoms with Crippen molar-refractivity contribution in [2.24, 2.45) is 10.8 Å². The number of likely N-dealkylation sites (N-methyl/N-ethyl adjacent to an activating group) is 2. The SMILES string of the molecule is CCN1CC(=O)N(CCC(C)(C)CCCCCCCCC(C)(C)CCN2C(=O)CN(CC)C2S)C1S. The van der Waals surface area contributed by atoms with Gasteiger partial charge in [-0.3, -0.25) is 19.4 Å². The second kappa shape index (κ2) is 14.6. The molecule has 2 fully saturated rings. The van der Waals surface area contributed by atoms with Crippen molar-refractivity contribution in [2.75, 3.05) is 39.3 Å². The van der Waals surface area contributed by atoms with E-state index in [0.717, 1.165) is 39.0 Å². The first kappa shape index (κ1) is 31.8. The van der Waals surface area contributed by atoms with Gasteiger partial charge in [0.05, 0.1) is 13.1 Å². The number of unbranched alkanes of at least 4 members (excludes halogenated alkanes) is 5. The summed E-state index contributed by atoms with van der Waals surface area (Å²) in [4.78, 5) is 32.7. The van der Waals surface area contributed by atoms with Gasteiger partial charge in [-0.25, -0.2) is 0 Å². The van der Waals surface area contributed by atoms with Crippen LogP contribution in [0.2, 0.25) is 0 Å². The van der Waals surface area contributed by atoms with Gasteiger partial charge in [-0.05, 0) is 49.6 Å². The van der Waals surface area contributed by atoms with Crippen LogP contribution in [0, 0.1) is 10.8 Å². The molecule has 2 aliphatic rings. The summed E-state index contributed by atoms with van der Waals surface area (Å²) in [5, 5.41) is 0. The maximum atomic E-state index is 12.3. The highest BCUT2D eigenvalue weighted by Crippen LogP contribution is 2.32. The Morgan fingerprint density at radius 1 is 0.639 bits per heavy atom. The predicted molar refractivity (Wildman–Crippen MR) is 157 cm³/mol. The Labute approximate surface area is 232 Å². The second-order valence-corrected chi connectivity index (χ2v) is 13.4. The van der Waals surface area contributed by atoms with E-state index in [-0.39, 0.29) is 33.6 Å². The van der Waals surface area contributed by atoms with E-state index in [1.54, 1.807) is 0 Å². The van der Waals surface area contributed by atoms with Gasteiger partial charge in [0.1, 0.15) is 11.0 Å². The van der Waals surface area contributed by atoms with Crippen molar-refractivity contribution in [3.63, 3.8) is 0 Å². The van der Waals surface area contributed by atoms with Crippen LogP contribution in [0.5, 0.6) is 0 Å². The number of nitrogens with zero attached hydrogens (tertiary/aromatic N) is 4. The molecule has 2 rings (SSSR count). The summed E-state index contributed by atoms with van der Waals surface area (Å²) in [5.74, 6) is 0.434. The first-order valence-electron chi connectivity index (χ1n) is 14.3. The molecule has 0 N–H and O–H groups in total. The van der Waals surface area contributed by atoms with Crippen molar-refractivity contribution in [1.82, 2.24) is 19.6 Å². The van der Waals surface area contributed by atoms with Gasteiger partial charge >= 0.3 is 0 Å². The third-order valence-corrected chi connectivity index (χ3v) is 9.57. The van der Waals surface area contributed by atoms with Crippen LogP contribution in [0.15, 0.2) is 0 Å². The molecule has 2 saturated heterocycles. The molecule has 2 unspecified atom stereocenters. The smallest absolute Gasteiger partial charge is 0.238 e. The molecule has 210 valence electrons. The summed E-state index contributed by atoms with van der Waals surface area (Å²) in [6.07, 6.45) is 12.2. The molecule has 2 aliphatic heterocycles. The van der Waals surface area contributed by atoms with Gasteiger partial charge in [0.15, 0.2) is 0 Å². The Balaban J connectivity index is 1.53. The van der Waals surface area contributed by atoms with Crippen LogP contribution in [0.3, 0.4) is 0 Å². The summed E-state index contributed by atoms with van der Waals surface area (Å²) in [6, 6.07) is 0. The summed E-state index contributed by atoms with van der Waals surface area (Å²) < 4.78 is 0.